The second-order valence-electron chi connectivity index (χ2n) is 4.39. The first-order valence-electron chi connectivity index (χ1n) is 6.62. The van der Waals surface area contributed by atoms with Crippen molar-refractivity contribution in [2.75, 3.05) is 20.3 Å². The topological polar surface area (TPSA) is 79.8 Å². The molecule has 1 aromatic carbocycles. The van der Waals surface area contributed by atoms with E-state index in [0.29, 0.717) is 13.0 Å². The monoisotopic (exact) mass is 331 g/mol. The van der Waals surface area contributed by atoms with Crippen LogP contribution < -0.4 is 10.7 Å². The zero-order valence-electron chi connectivity index (χ0n) is 12.3. The smallest absolute Gasteiger partial charge is 0.385 e. The number of carbonyl (C=O) groups excluding carboxylic acids is 2. The van der Waals surface area contributed by atoms with Crippen molar-refractivity contribution in [3.63, 3.8) is 0 Å². The van der Waals surface area contributed by atoms with Crippen molar-refractivity contribution in [1.82, 2.24) is 10.7 Å². The van der Waals surface area contributed by atoms with E-state index in [2.05, 4.69) is 10.4 Å². The quantitative estimate of drug-likeness (QED) is 0.357. The van der Waals surface area contributed by atoms with E-state index in [4.69, 9.17) is 4.74 Å². The highest BCUT2D eigenvalue weighted by Crippen LogP contribution is 2.30. The Morgan fingerprint density at radius 3 is 2.61 bits per heavy atom. The van der Waals surface area contributed by atoms with E-state index >= 15 is 0 Å². The Hall–Kier alpha value is -2.42. The molecule has 0 saturated heterocycles. The van der Waals surface area contributed by atoms with Crippen LogP contribution >= 0.6 is 0 Å². The summed E-state index contributed by atoms with van der Waals surface area (Å²) in [5, 5.41) is 5.69. The van der Waals surface area contributed by atoms with Crippen molar-refractivity contribution in [2.45, 2.75) is 12.6 Å². The highest BCUT2D eigenvalue weighted by molar-refractivity contribution is 6.35. The van der Waals surface area contributed by atoms with Gasteiger partial charge in [-0.3, -0.25) is 9.59 Å². The molecule has 0 aliphatic carbocycles. The number of methoxy groups -OCH3 is 1. The molecular formula is C14H16F3N3O3. The molecule has 126 valence electrons. The molecule has 0 aliphatic rings. The lowest BCUT2D eigenvalue weighted by molar-refractivity contribution is -0.139. The first-order chi connectivity index (χ1) is 10.9. The number of ether oxygens (including phenoxy) is 1. The van der Waals surface area contributed by atoms with Crippen LogP contribution in [0.2, 0.25) is 0 Å². The molecular weight excluding hydrogens is 315 g/mol. The Kier molecular flexibility index (Phi) is 7.20. The summed E-state index contributed by atoms with van der Waals surface area (Å²) in [5.41, 5.74) is 0.762. The Morgan fingerprint density at radius 2 is 1.96 bits per heavy atom. The molecule has 0 unspecified atom stereocenters. The Balaban J connectivity index is 2.56. The summed E-state index contributed by atoms with van der Waals surface area (Å²) < 4.78 is 43.0. The number of carbonyl (C=O) groups is 2. The van der Waals surface area contributed by atoms with Crippen LogP contribution in [-0.4, -0.2) is 38.3 Å². The van der Waals surface area contributed by atoms with Gasteiger partial charge in [-0.05, 0) is 12.5 Å². The highest BCUT2D eigenvalue weighted by Gasteiger charge is 2.32. The molecule has 2 amide bonds. The fourth-order valence-corrected chi connectivity index (χ4v) is 1.58. The van der Waals surface area contributed by atoms with Gasteiger partial charge in [0.1, 0.15) is 0 Å². The second-order valence-corrected chi connectivity index (χ2v) is 4.39. The molecule has 0 heterocycles. The third-order valence-corrected chi connectivity index (χ3v) is 2.65. The van der Waals surface area contributed by atoms with Crippen molar-refractivity contribution in [3.05, 3.63) is 35.4 Å². The first-order valence-corrected chi connectivity index (χ1v) is 6.62. The maximum atomic E-state index is 12.7. The van der Waals surface area contributed by atoms with Gasteiger partial charge in [0.2, 0.25) is 0 Å². The minimum absolute atomic E-state index is 0.221. The number of rotatable bonds is 6. The third-order valence-electron chi connectivity index (χ3n) is 2.65. The standard InChI is InChI=1S/C14H16F3N3O3/c1-23-8-4-7-18-12(21)13(22)20-19-9-10-5-2-3-6-11(10)14(15,16)17/h2-3,5-6,9H,4,7-8H2,1H3,(H,18,21)(H,20,22)/b19-9-. The molecule has 0 fully saturated rings. The zero-order valence-corrected chi connectivity index (χ0v) is 12.3. The van der Waals surface area contributed by atoms with E-state index in [1.54, 1.807) is 0 Å². The number of hydrogen-bond donors (Lipinski definition) is 2. The van der Waals surface area contributed by atoms with Crippen LogP contribution in [0.15, 0.2) is 29.4 Å². The molecule has 2 N–H and O–H groups in total. The number of nitrogens with one attached hydrogen (secondary N) is 2. The van der Waals surface area contributed by atoms with Gasteiger partial charge in [0.15, 0.2) is 0 Å². The van der Waals surface area contributed by atoms with Gasteiger partial charge in [-0.15, -0.1) is 0 Å². The van der Waals surface area contributed by atoms with Crippen molar-refractivity contribution >= 4 is 18.0 Å². The number of nitrogens with zero attached hydrogens (tertiary/aromatic N) is 1. The van der Waals surface area contributed by atoms with Gasteiger partial charge in [0.25, 0.3) is 0 Å². The van der Waals surface area contributed by atoms with Gasteiger partial charge in [-0.1, -0.05) is 18.2 Å². The molecule has 0 aliphatic heterocycles. The Morgan fingerprint density at radius 1 is 1.26 bits per heavy atom. The maximum Gasteiger partial charge on any atom is 0.417 e. The first kappa shape index (κ1) is 18.6. The molecule has 9 heteroatoms. The lowest BCUT2D eigenvalue weighted by atomic mass is 10.1. The highest BCUT2D eigenvalue weighted by atomic mass is 19.4. The van der Waals surface area contributed by atoms with E-state index < -0.39 is 23.6 Å². The lowest BCUT2D eigenvalue weighted by Crippen LogP contribution is -2.38. The third kappa shape index (κ3) is 6.47. The van der Waals surface area contributed by atoms with Crippen LogP contribution in [0.25, 0.3) is 0 Å². The fraction of sp³-hybridized carbons (Fsp3) is 0.357. The average molecular weight is 331 g/mol. The molecule has 1 aromatic rings. The molecule has 0 spiro atoms. The molecule has 0 radical (unpaired) electrons. The van der Waals surface area contributed by atoms with Crippen molar-refractivity contribution in [2.24, 2.45) is 5.10 Å². The molecule has 6 nitrogen and oxygen atoms in total. The molecule has 0 aromatic heterocycles. The predicted octanol–water partition coefficient (Wildman–Crippen LogP) is 1.31. The van der Waals surface area contributed by atoms with Crippen LogP contribution in [0.1, 0.15) is 17.5 Å². The number of halogens is 3. The molecule has 0 bridgehead atoms. The molecule has 0 atom stereocenters. The minimum atomic E-state index is -4.54. The van der Waals surface area contributed by atoms with Gasteiger partial charge in [-0.25, -0.2) is 5.43 Å². The second kappa shape index (κ2) is 8.89. The van der Waals surface area contributed by atoms with Gasteiger partial charge in [0, 0.05) is 25.8 Å². The SMILES string of the molecule is COCCCNC(=O)C(=O)N/N=C\c1ccccc1C(F)(F)F. The van der Waals surface area contributed by atoms with Crippen LogP contribution in [-0.2, 0) is 20.5 Å². The van der Waals surface area contributed by atoms with Crippen LogP contribution in [0.3, 0.4) is 0 Å². The Labute approximate surface area is 130 Å². The summed E-state index contributed by atoms with van der Waals surface area (Å²) in [6.07, 6.45) is -3.18. The van der Waals surface area contributed by atoms with Crippen LogP contribution in [0, 0.1) is 0 Å². The summed E-state index contributed by atoms with van der Waals surface area (Å²) >= 11 is 0. The molecule has 1 rings (SSSR count). The van der Waals surface area contributed by atoms with E-state index in [1.807, 2.05) is 5.43 Å². The van der Waals surface area contributed by atoms with E-state index in [1.165, 1.54) is 25.3 Å². The predicted molar refractivity (Wildman–Crippen MR) is 76.7 cm³/mol. The number of amides is 2. The summed E-state index contributed by atoms with van der Waals surface area (Å²) in [6.45, 7) is 0.662. The summed E-state index contributed by atoms with van der Waals surface area (Å²) in [6, 6.07) is 4.74. The number of hydrogen-bond acceptors (Lipinski definition) is 4. The summed E-state index contributed by atoms with van der Waals surface area (Å²) in [7, 11) is 1.50. The van der Waals surface area contributed by atoms with E-state index in [9.17, 15) is 22.8 Å². The number of alkyl halides is 3. The van der Waals surface area contributed by atoms with Crippen LogP contribution in [0.4, 0.5) is 13.2 Å². The van der Waals surface area contributed by atoms with Crippen molar-refractivity contribution in [3.8, 4) is 0 Å². The zero-order chi connectivity index (χ0) is 17.3. The van der Waals surface area contributed by atoms with Crippen molar-refractivity contribution < 1.29 is 27.5 Å². The van der Waals surface area contributed by atoms with Gasteiger partial charge >= 0.3 is 18.0 Å². The number of benzene rings is 1. The van der Waals surface area contributed by atoms with E-state index in [-0.39, 0.29) is 12.1 Å². The lowest BCUT2D eigenvalue weighted by Gasteiger charge is -2.09. The van der Waals surface area contributed by atoms with E-state index in [0.717, 1.165) is 12.3 Å². The fourth-order valence-electron chi connectivity index (χ4n) is 1.58. The number of hydrazone groups is 1. The maximum absolute atomic E-state index is 12.7. The summed E-state index contributed by atoms with van der Waals surface area (Å²) in [4.78, 5) is 22.7. The average Bonchev–Trinajstić information content (AvgIpc) is 2.50. The molecule has 0 saturated carbocycles. The Bertz CT molecular complexity index is 574. The van der Waals surface area contributed by atoms with Crippen LogP contribution in [0.5, 0.6) is 0 Å². The molecule has 23 heavy (non-hydrogen) atoms. The van der Waals surface area contributed by atoms with Crippen molar-refractivity contribution in [1.29, 1.82) is 0 Å². The largest absolute Gasteiger partial charge is 0.417 e. The van der Waals surface area contributed by atoms with Gasteiger partial charge in [-0.2, -0.15) is 18.3 Å². The van der Waals surface area contributed by atoms with Gasteiger partial charge in [0.05, 0.1) is 11.8 Å². The normalized spacial score (nSPS) is 11.5. The van der Waals surface area contributed by atoms with Gasteiger partial charge < -0.3 is 10.1 Å². The minimum Gasteiger partial charge on any atom is -0.385 e. The summed E-state index contributed by atoms with van der Waals surface area (Å²) in [5.74, 6) is -1.99.